The summed E-state index contributed by atoms with van der Waals surface area (Å²) in [5.74, 6) is -1.34. The van der Waals surface area contributed by atoms with Crippen molar-refractivity contribution in [1.82, 2.24) is 10.2 Å². The number of hydrogen-bond donors (Lipinski definition) is 1. The van der Waals surface area contributed by atoms with Gasteiger partial charge in [0.1, 0.15) is 6.10 Å². The number of carboxylic acids is 1. The Hall–Kier alpha value is -1.43. The number of hydrogen-bond acceptors (Lipinski definition) is 5. The Kier molecular flexibility index (Phi) is 1.97. The summed E-state index contributed by atoms with van der Waals surface area (Å²) in [6.45, 7) is 0.662. The van der Waals surface area contributed by atoms with Crippen LogP contribution in [-0.4, -0.2) is 27.9 Å². The number of aromatic carboxylic acids is 1. The predicted molar refractivity (Wildman–Crippen MR) is 39.2 cm³/mol. The van der Waals surface area contributed by atoms with E-state index in [1.807, 2.05) is 0 Å². The second-order valence-corrected chi connectivity index (χ2v) is 2.75. The van der Waals surface area contributed by atoms with Crippen molar-refractivity contribution in [2.75, 3.05) is 6.61 Å². The second-order valence-electron chi connectivity index (χ2n) is 2.75. The molecule has 1 unspecified atom stereocenters. The number of carboxylic acid groups (broad SMARTS) is 1. The van der Waals surface area contributed by atoms with E-state index < -0.39 is 5.97 Å². The van der Waals surface area contributed by atoms with Gasteiger partial charge in [-0.1, -0.05) is 0 Å². The molecule has 2 rings (SSSR count). The van der Waals surface area contributed by atoms with Crippen LogP contribution in [0, 0.1) is 0 Å². The molecule has 0 aromatic carbocycles. The maximum absolute atomic E-state index is 10.4. The summed E-state index contributed by atoms with van der Waals surface area (Å²) in [5, 5.41) is 15.5. The Morgan fingerprint density at radius 3 is 2.92 bits per heavy atom. The fourth-order valence-electron chi connectivity index (χ4n) is 1.22. The zero-order valence-corrected chi connectivity index (χ0v) is 6.77. The van der Waals surface area contributed by atoms with Gasteiger partial charge in [0.15, 0.2) is 0 Å². The van der Waals surface area contributed by atoms with E-state index >= 15 is 0 Å². The van der Waals surface area contributed by atoms with Gasteiger partial charge in [-0.15, -0.1) is 10.2 Å². The van der Waals surface area contributed by atoms with Crippen LogP contribution < -0.4 is 0 Å². The number of rotatable bonds is 2. The van der Waals surface area contributed by atoms with Gasteiger partial charge < -0.3 is 14.3 Å². The van der Waals surface area contributed by atoms with E-state index in [2.05, 4.69) is 10.2 Å². The molecule has 0 aliphatic carbocycles. The van der Waals surface area contributed by atoms with Gasteiger partial charge in [-0.3, -0.25) is 0 Å². The maximum Gasteiger partial charge on any atom is 0.393 e. The van der Waals surface area contributed by atoms with Crippen LogP contribution in [0.15, 0.2) is 4.42 Å². The number of aromatic nitrogens is 2. The fourth-order valence-corrected chi connectivity index (χ4v) is 1.22. The highest BCUT2D eigenvalue weighted by atomic mass is 16.5. The van der Waals surface area contributed by atoms with Crippen LogP contribution in [0.1, 0.15) is 35.5 Å². The SMILES string of the molecule is O=C(O)c1nnc(C2CCCO2)o1. The van der Waals surface area contributed by atoms with Gasteiger partial charge in [0.05, 0.1) is 0 Å². The lowest BCUT2D eigenvalue weighted by Gasteiger charge is -2.00. The Morgan fingerprint density at radius 1 is 1.54 bits per heavy atom. The Bertz CT molecular complexity index is 316. The highest BCUT2D eigenvalue weighted by molar-refractivity contribution is 5.81. The van der Waals surface area contributed by atoms with Crippen molar-refractivity contribution in [3.05, 3.63) is 11.8 Å². The van der Waals surface area contributed by atoms with Gasteiger partial charge in [0, 0.05) is 6.61 Å². The summed E-state index contributed by atoms with van der Waals surface area (Å²) in [7, 11) is 0. The normalized spacial score (nSPS) is 22.0. The lowest BCUT2D eigenvalue weighted by molar-refractivity contribution is 0.0626. The summed E-state index contributed by atoms with van der Waals surface area (Å²) in [6, 6.07) is 0. The summed E-state index contributed by atoms with van der Waals surface area (Å²) in [4.78, 5) is 10.4. The summed E-state index contributed by atoms with van der Waals surface area (Å²) in [5.41, 5.74) is 0. The molecule has 0 spiro atoms. The van der Waals surface area contributed by atoms with Crippen LogP contribution in [-0.2, 0) is 4.74 Å². The van der Waals surface area contributed by atoms with Gasteiger partial charge in [-0.05, 0) is 12.8 Å². The molecule has 0 radical (unpaired) electrons. The van der Waals surface area contributed by atoms with E-state index in [9.17, 15) is 4.79 Å². The van der Waals surface area contributed by atoms with Gasteiger partial charge >= 0.3 is 11.9 Å². The topological polar surface area (TPSA) is 85.5 Å². The molecule has 1 aliphatic rings. The second kappa shape index (κ2) is 3.14. The highest BCUT2D eigenvalue weighted by Gasteiger charge is 2.24. The van der Waals surface area contributed by atoms with E-state index in [0.717, 1.165) is 12.8 Å². The molecule has 6 nitrogen and oxygen atoms in total. The Labute approximate surface area is 73.5 Å². The number of nitrogens with zero attached hydrogens (tertiary/aromatic N) is 2. The van der Waals surface area contributed by atoms with Crippen molar-refractivity contribution >= 4 is 5.97 Å². The molecule has 0 bridgehead atoms. The Morgan fingerprint density at radius 2 is 2.38 bits per heavy atom. The molecule has 2 heterocycles. The molecule has 1 saturated heterocycles. The van der Waals surface area contributed by atoms with E-state index in [4.69, 9.17) is 14.3 Å². The molecule has 6 heteroatoms. The van der Waals surface area contributed by atoms with Crippen molar-refractivity contribution in [1.29, 1.82) is 0 Å². The number of carbonyl (C=O) groups is 1. The van der Waals surface area contributed by atoms with Crippen LogP contribution in [0.5, 0.6) is 0 Å². The summed E-state index contributed by atoms with van der Waals surface area (Å²) < 4.78 is 10.1. The molecule has 1 aromatic heterocycles. The van der Waals surface area contributed by atoms with E-state index in [1.54, 1.807) is 0 Å². The minimum atomic E-state index is -1.21. The van der Waals surface area contributed by atoms with E-state index in [-0.39, 0.29) is 17.9 Å². The molecule has 1 N–H and O–H groups in total. The first-order valence-electron chi connectivity index (χ1n) is 3.95. The smallest absolute Gasteiger partial charge is 0.393 e. The molecular weight excluding hydrogens is 176 g/mol. The van der Waals surface area contributed by atoms with Gasteiger partial charge in [0.25, 0.3) is 0 Å². The first kappa shape index (κ1) is 8.18. The van der Waals surface area contributed by atoms with Crippen LogP contribution >= 0.6 is 0 Å². The third kappa shape index (κ3) is 1.52. The first-order valence-corrected chi connectivity index (χ1v) is 3.95. The average molecular weight is 184 g/mol. The quantitative estimate of drug-likeness (QED) is 0.725. The van der Waals surface area contributed by atoms with Gasteiger partial charge in [-0.25, -0.2) is 4.79 Å². The molecule has 0 amide bonds. The molecule has 70 valence electrons. The van der Waals surface area contributed by atoms with Crippen molar-refractivity contribution in [3.63, 3.8) is 0 Å². The van der Waals surface area contributed by atoms with Crippen molar-refractivity contribution in [2.24, 2.45) is 0 Å². The summed E-state index contributed by atoms with van der Waals surface area (Å²) >= 11 is 0. The van der Waals surface area contributed by atoms with Crippen LogP contribution in [0.2, 0.25) is 0 Å². The van der Waals surface area contributed by atoms with Crippen molar-refractivity contribution in [2.45, 2.75) is 18.9 Å². The van der Waals surface area contributed by atoms with Crippen LogP contribution in [0.4, 0.5) is 0 Å². The predicted octanol–water partition coefficient (Wildman–Crippen LogP) is 0.619. The monoisotopic (exact) mass is 184 g/mol. The highest BCUT2D eigenvalue weighted by Crippen LogP contribution is 2.26. The average Bonchev–Trinajstić information content (AvgIpc) is 2.75. The van der Waals surface area contributed by atoms with Crippen molar-refractivity contribution < 1.29 is 19.1 Å². The fraction of sp³-hybridized carbons (Fsp3) is 0.571. The minimum absolute atomic E-state index is 0.222. The van der Waals surface area contributed by atoms with Crippen molar-refractivity contribution in [3.8, 4) is 0 Å². The first-order chi connectivity index (χ1) is 6.27. The van der Waals surface area contributed by atoms with E-state index in [0.29, 0.717) is 6.61 Å². The lowest BCUT2D eigenvalue weighted by atomic mass is 10.2. The lowest BCUT2D eigenvalue weighted by Crippen LogP contribution is -1.96. The third-order valence-electron chi connectivity index (χ3n) is 1.83. The molecule has 1 aromatic rings. The Balaban J connectivity index is 2.16. The molecule has 1 aliphatic heterocycles. The minimum Gasteiger partial charge on any atom is -0.474 e. The zero-order valence-electron chi connectivity index (χ0n) is 6.77. The summed E-state index contributed by atoms with van der Waals surface area (Å²) in [6.07, 6.45) is 1.53. The molecule has 1 fully saturated rings. The molecule has 1 atom stereocenters. The standard InChI is InChI=1S/C7H8N2O4/c10-7(11)6-9-8-5(13-6)4-2-1-3-12-4/h4H,1-3H2,(H,10,11). The van der Waals surface area contributed by atoms with Crippen LogP contribution in [0.3, 0.4) is 0 Å². The zero-order chi connectivity index (χ0) is 9.26. The van der Waals surface area contributed by atoms with Crippen LogP contribution in [0.25, 0.3) is 0 Å². The van der Waals surface area contributed by atoms with E-state index in [1.165, 1.54) is 0 Å². The third-order valence-corrected chi connectivity index (χ3v) is 1.83. The largest absolute Gasteiger partial charge is 0.474 e. The van der Waals surface area contributed by atoms with Gasteiger partial charge in [0.2, 0.25) is 5.89 Å². The maximum atomic E-state index is 10.4. The molecular formula is C7H8N2O4. The van der Waals surface area contributed by atoms with Gasteiger partial charge in [-0.2, -0.15) is 0 Å². The number of ether oxygens (including phenoxy) is 1. The molecule has 13 heavy (non-hydrogen) atoms. The molecule has 0 saturated carbocycles.